The molecule has 3 aliphatic rings. The molecular weight excluding hydrogens is 350 g/mol. The lowest BCUT2D eigenvalue weighted by atomic mass is 10.0. The molecule has 1 aliphatic carbocycles. The Labute approximate surface area is 166 Å². The quantitative estimate of drug-likeness (QED) is 0.820. The first-order valence-electron chi connectivity index (χ1n) is 10.2. The second-order valence-corrected chi connectivity index (χ2v) is 8.67. The Kier molecular flexibility index (Phi) is 4.22. The van der Waals surface area contributed by atoms with Crippen LogP contribution in [0.25, 0.3) is 0 Å². The van der Waals surface area contributed by atoms with Gasteiger partial charge in [-0.05, 0) is 49.2 Å². The van der Waals surface area contributed by atoms with E-state index < -0.39 is 0 Å². The van der Waals surface area contributed by atoms with Crippen LogP contribution >= 0.6 is 0 Å². The molecule has 1 aromatic carbocycles. The number of aromatic nitrogens is 2. The van der Waals surface area contributed by atoms with Gasteiger partial charge in [0.2, 0.25) is 0 Å². The number of fused-ring (bicyclic) bond motifs is 1. The maximum Gasteiger partial charge on any atom is 0.253 e. The van der Waals surface area contributed by atoms with Crippen molar-refractivity contribution in [2.24, 2.45) is 11.8 Å². The van der Waals surface area contributed by atoms with Gasteiger partial charge in [0.05, 0.1) is 5.69 Å². The van der Waals surface area contributed by atoms with E-state index in [4.69, 9.17) is 0 Å². The zero-order valence-electron chi connectivity index (χ0n) is 16.6. The first kappa shape index (κ1) is 17.5. The molecule has 3 heterocycles. The monoisotopic (exact) mass is 377 g/mol. The van der Waals surface area contributed by atoms with Crippen LogP contribution in [0.15, 0.2) is 36.4 Å². The Morgan fingerprint density at radius 1 is 0.929 bits per heavy atom. The highest BCUT2D eigenvalue weighted by molar-refractivity contribution is 5.94. The van der Waals surface area contributed by atoms with E-state index in [-0.39, 0.29) is 5.91 Å². The number of hydrogen-bond donors (Lipinski definition) is 0. The number of carbonyl (C=O) groups is 1. The third-order valence-electron chi connectivity index (χ3n) is 6.39. The Hall–Kier alpha value is -2.63. The molecule has 1 saturated carbocycles. The summed E-state index contributed by atoms with van der Waals surface area (Å²) in [6.45, 7) is 3.60. The molecule has 2 atom stereocenters. The maximum atomic E-state index is 12.9. The summed E-state index contributed by atoms with van der Waals surface area (Å²) in [7, 11) is 4.02. The van der Waals surface area contributed by atoms with Crippen LogP contribution in [0, 0.1) is 11.8 Å². The Morgan fingerprint density at radius 2 is 1.61 bits per heavy atom. The minimum absolute atomic E-state index is 0.153. The lowest BCUT2D eigenvalue weighted by molar-refractivity contribution is 0.0782. The molecule has 1 aromatic heterocycles. The standard InChI is InChI=1S/C22H27N5O/c1-25(2)19-7-5-16(6-8-19)22(28)27-13-17-11-26(12-18(17)14-27)21-10-9-20(23-24-21)15-3-4-15/h5-10,15,17-18H,3-4,11-14H2,1-2H3. The largest absolute Gasteiger partial charge is 0.378 e. The molecule has 2 aromatic rings. The number of likely N-dealkylation sites (tertiary alicyclic amines) is 1. The van der Waals surface area contributed by atoms with Gasteiger partial charge in [0.25, 0.3) is 5.91 Å². The molecule has 0 bridgehead atoms. The van der Waals surface area contributed by atoms with Crippen LogP contribution in [0.1, 0.15) is 34.8 Å². The van der Waals surface area contributed by atoms with Gasteiger partial charge in [0.1, 0.15) is 0 Å². The molecule has 0 spiro atoms. The summed E-state index contributed by atoms with van der Waals surface area (Å²) < 4.78 is 0. The average molecular weight is 377 g/mol. The highest BCUT2D eigenvalue weighted by Gasteiger charge is 2.42. The average Bonchev–Trinajstić information content (AvgIpc) is 3.37. The Bertz CT molecular complexity index is 846. The summed E-state index contributed by atoms with van der Waals surface area (Å²) in [5.41, 5.74) is 3.03. The van der Waals surface area contributed by atoms with Gasteiger partial charge < -0.3 is 14.7 Å². The molecule has 2 unspecified atom stereocenters. The molecule has 2 aliphatic heterocycles. The van der Waals surface area contributed by atoms with Crippen LogP contribution < -0.4 is 9.80 Å². The zero-order chi connectivity index (χ0) is 19.3. The van der Waals surface area contributed by atoms with Gasteiger partial charge in [0, 0.05) is 69.3 Å². The number of carbonyl (C=O) groups excluding carboxylic acids is 1. The molecule has 0 radical (unpaired) electrons. The highest BCUT2D eigenvalue weighted by atomic mass is 16.2. The van der Waals surface area contributed by atoms with Crippen molar-refractivity contribution in [2.75, 3.05) is 50.1 Å². The molecule has 0 N–H and O–H groups in total. The summed E-state index contributed by atoms with van der Waals surface area (Å²) in [4.78, 5) is 19.3. The van der Waals surface area contributed by atoms with Crippen molar-refractivity contribution in [1.29, 1.82) is 0 Å². The van der Waals surface area contributed by atoms with Crippen LogP contribution in [0.5, 0.6) is 0 Å². The molecular formula is C22H27N5O. The normalized spacial score (nSPS) is 23.8. The maximum absolute atomic E-state index is 12.9. The van der Waals surface area contributed by atoms with E-state index in [2.05, 4.69) is 27.2 Å². The molecule has 6 nitrogen and oxygen atoms in total. The van der Waals surface area contributed by atoms with Gasteiger partial charge in [-0.2, -0.15) is 5.10 Å². The van der Waals surface area contributed by atoms with Gasteiger partial charge in [-0.25, -0.2) is 0 Å². The number of benzene rings is 1. The number of rotatable bonds is 4. The fraction of sp³-hybridized carbons (Fsp3) is 0.500. The van der Waals surface area contributed by atoms with E-state index >= 15 is 0 Å². The van der Waals surface area contributed by atoms with Crippen LogP contribution in [-0.4, -0.2) is 61.3 Å². The predicted octanol–water partition coefficient (Wildman–Crippen LogP) is 2.63. The van der Waals surface area contributed by atoms with Crippen molar-refractivity contribution in [3.05, 3.63) is 47.7 Å². The molecule has 5 rings (SSSR count). The second kappa shape index (κ2) is 6.76. The molecule has 146 valence electrons. The SMILES string of the molecule is CN(C)c1ccc(C(=O)N2CC3CN(c4ccc(C5CC5)nn4)CC3C2)cc1. The third kappa shape index (κ3) is 3.21. The van der Waals surface area contributed by atoms with E-state index in [0.29, 0.717) is 17.8 Å². The van der Waals surface area contributed by atoms with Crippen LogP contribution in [0.2, 0.25) is 0 Å². The van der Waals surface area contributed by atoms with Crippen LogP contribution in [0.4, 0.5) is 11.5 Å². The van der Waals surface area contributed by atoms with E-state index in [0.717, 1.165) is 48.9 Å². The summed E-state index contributed by atoms with van der Waals surface area (Å²) in [6, 6.07) is 12.2. The van der Waals surface area contributed by atoms with Gasteiger partial charge >= 0.3 is 0 Å². The van der Waals surface area contributed by atoms with E-state index in [9.17, 15) is 4.79 Å². The molecule has 28 heavy (non-hydrogen) atoms. The van der Waals surface area contributed by atoms with E-state index in [1.807, 2.05) is 48.2 Å². The van der Waals surface area contributed by atoms with Gasteiger partial charge in [-0.15, -0.1) is 5.10 Å². The minimum atomic E-state index is 0.153. The predicted molar refractivity (Wildman–Crippen MR) is 110 cm³/mol. The lowest BCUT2D eigenvalue weighted by Crippen LogP contribution is -2.33. The number of amides is 1. The van der Waals surface area contributed by atoms with Crippen molar-refractivity contribution in [1.82, 2.24) is 15.1 Å². The molecule has 6 heteroatoms. The van der Waals surface area contributed by atoms with Crippen molar-refractivity contribution in [2.45, 2.75) is 18.8 Å². The zero-order valence-corrected chi connectivity index (χ0v) is 16.6. The summed E-state index contributed by atoms with van der Waals surface area (Å²) in [5, 5.41) is 8.89. The van der Waals surface area contributed by atoms with Crippen LogP contribution in [-0.2, 0) is 0 Å². The van der Waals surface area contributed by atoms with Crippen LogP contribution in [0.3, 0.4) is 0 Å². The van der Waals surface area contributed by atoms with Crippen molar-refractivity contribution < 1.29 is 4.79 Å². The Balaban J connectivity index is 1.21. The second-order valence-electron chi connectivity index (χ2n) is 8.67. The Morgan fingerprint density at radius 3 is 2.14 bits per heavy atom. The number of hydrogen-bond acceptors (Lipinski definition) is 5. The highest BCUT2D eigenvalue weighted by Crippen LogP contribution is 2.39. The molecule has 1 amide bonds. The summed E-state index contributed by atoms with van der Waals surface area (Å²) in [5.74, 6) is 2.83. The fourth-order valence-corrected chi connectivity index (χ4v) is 4.53. The topological polar surface area (TPSA) is 52.6 Å². The van der Waals surface area contributed by atoms with Gasteiger partial charge in [0.15, 0.2) is 5.82 Å². The van der Waals surface area contributed by atoms with Gasteiger partial charge in [-0.1, -0.05) is 0 Å². The smallest absolute Gasteiger partial charge is 0.253 e. The van der Waals surface area contributed by atoms with Crippen molar-refractivity contribution in [3.63, 3.8) is 0 Å². The summed E-state index contributed by atoms with van der Waals surface area (Å²) in [6.07, 6.45) is 2.51. The van der Waals surface area contributed by atoms with E-state index in [1.54, 1.807) is 0 Å². The lowest BCUT2D eigenvalue weighted by Gasteiger charge is -2.22. The first-order chi connectivity index (χ1) is 13.6. The summed E-state index contributed by atoms with van der Waals surface area (Å²) >= 11 is 0. The fourth-order valence-electron chi connectivity index (χ4n) is 4.53. The van der Waals surface area contributed by atoms with Crippen molar-refractivity contribution >= 4 is 17.4 Å². The van der Waals surface area contributed by atoms with Gasteiger partial charge in [-0.3, -0.25) is 4.79 Å². The van der Waals surface area contributed by atoms with E-state index in [1.165, 1.54) is 12.8 Å². The number of anilines is 2. The molecule has 3 fully saturated rings. The third-order valence-corrected chi connectivity index (χ3v) is 6.39. The van der Waals surface area contributed by atoms with Crippen molar-refractivity contribution in [3.8, 4) is 0 Å². The minimum Gasteiger partial charge on any atom is -0.378 e. The number of nitrogens with zero attached hydrogens (tertiary/aromatic N) is 5. The molecule has 2 saturated heterocycles. The first-order valence-corrected chi connectivity index (χ1v) is 10.2.